The van der Waals surface area contributed by atoms with Crippen molar-refractivity contribution in [2.45, 2.75) is 52.6 Å². The molecule has 2 heteroatoms. The molecule has 0 aliphatic heterocycles. The quantitative estimate of drug-likeness (QED) is 0.611. The number of rotatable bonds is 7. The predicted octanol–water partition coefficient (Wildman–Crippen LogP) is 1.76. The fourth-order valence-electron chi connectivity index (χ4n) is 1.33. The van der Waals surface area contributed by atoms with Crippen LogP contribution in [0.15, 0.2) is 0 Å². The zero-order chi connectivity index (χ0) is 9.40. The summed E-state index contributed by atoms with van der Waals surface area (Å²) in [7, 11) is 0. The summed E-state index contributed by atoms with van der Waals surface area (Å²) in [5.41, 5.74) is 0. The summed E-state index contributed by atoms with van der Waals surface area (Å²) < 4.78 is 0. The van der Waals surface area contributed by atoms with Gasteiger partial charge in [-0.05, 0) is 26.8 Å². The van der Waals surface area contributed by atoms with E-state index in [0.717, 1.165) is 13.1 Å². The van der Waals surface area contributed by atoms with Crippen LogP contribution in [0.25, 0.3) is 0 Å². The molecule has 0 saturated heterocycles. The van der Waals surface area contributed by atoms with Crippen LogP contribution in [-0.4, -0.2) is 25.2 Å². The molecule has 0 saturated carbocycles. The van der Waals surface area contributed by atoms with Crippen molar-refractivity contribution in [1.29, 1.82) is 0 Å². The highest BCUT2D eigenvalue weighted by Gasteiger charge is 2.02. The van der Waals surface area contributed by atoms with Gasteiger partial charge in [0, 0.05) is 18.6 Å². The molecule has 0 aliphatic carbocycles. The number of hydrogen-bond acceptors (Lipinski definition) is 2. The van der Waals surface area contributed by atoms with Crippen molar-refractivity contribution in [3.63, 3.8) is 0 Å². The van der Waals surface area contributed by atoms with E-state index in [0.29, 0.717) is 12.1 Å². The van der Waals surface area contributed by atoms with Gasteiger partial charge in [0.05, 0.1) is 0 Å². The lowest BCUT2D eigenvalue weighted by molar-refractivity contribution is 0.450. The molecule has 0 fully saturated rings. The maximum absolute atomic E-state index is 3.51. The van der Waals surface area contributed by atoms with Crippen LogP contribution in [0.4, 0.5) is 0 Å². The minimum absolute atomic E-state index is 0.592. The Morgan fingerprint density at radius 1 is 1.00 bits per heavy atom. The normalized spacial score (nSPS) is 16.0. The standard InChI is InChI=1S/C10H24N2/c1-5-7-9(3)12-8-10(4)11-6-2/h9-12H,5-8H2,1-4H3. The third kappa shape index (κ3) is 6.62. The lowest BCUT2D eigenvalue weighted by Gasteiger charge is -2.17. The molecule has 0 rings (SSSR count). The highest BCUT2D eigenvalue weighted by atomic mass is 15.0. The number of hydrogen-bond donors (Lipinski definition) is 2. The SMILES string of the molecule is CCCC(C)NCC(C)NCC. The van der Waals surface area contributed by atoms with Gasteiger partial charge in [0.2, 0.25) is 0 Å². The Bertz CT molecular complexity index is 81.8. The van der Waals surface area contributed by atoms with Gasteiger partial charge in [0.15, 0.2) is 0 Å². The van der Waals surface area contributed by atoms with Crippen molar-refractivity contribution in [1.82, 2.24) is 10.6 Å². The summed E-state index contributed by atoms with van der Waals surface area (Å²) in [6, 6.07) is 1.26. The second kappa shape index (κ2) is 7.56. The summed E-state index contributed by atoms with van der Waals surface area (Å²) in [6.07, 6.45) is 2.54. The zero-order valence-electron chi connectivity index (χ0n) is 8.98. The molecule has 0 aromatic carbocycles. The van der Waals surface area contributed by atoms with Crippen molar-refractivity contribution < 1.29 is 0 Å². The Morgan fingerprint density at radius 3 is 2.17 bits per heavy atom. The van der Waals surface area contributed by atoms with Gasteiger partial charge in [0.25, 0.3) is 0 Å². The Hall–Kier alpha value is -0.0800. The Balaban J connectivity index is 3.27. The van der Waals surface area contributed by atoms with Crippen LogP contribution in [0.5, 0.6) is 0 Å². The Kier molecular flexibility index (Phi) is 7.51. The van der Waals surface area contributed by atoms with E-state index in [4.69, 9.17) is 0 Å². The second-order valence-electron chi connectivity index (χ2n) is 3.56. The number of nitrogens with one attached hydrogen (secondary N) is 2. The third-order valence-corrected chi connectivity index (χ3v) is 2.05. The molecule has 0 aromatic rings. The third-order valence-electron chi connectivity index (χ3n) is 2.05. The largest absolute Gasteiger partial charge is 0.313 e. The van der Waals surface area contributed by atoms with Gasteiger partial charge < -0.3 is 10.6 Å². The smallest absolute Gasteiger partial charge is 0.0164 e. The minimum atomic E-state index is 0.592. The first-order valence-corrected chi connectivity index (χ1v) is 5.17. The maximum atomic E-state index is 3.51. The molecule has 2 nitrogen and oxygen atoms in total. The van der Waals surface area contributed by atoms with Gasteiger partial charge in [-0.15, -0.1) is 0 Å². The molecule has 0 aromatic heterocycles. The molecule has 12 heavy (non-hydrogen) atoms. The Labute approximate surface area is 77.1 Å². The van der Waals surface area contributed by atoms with Gasteiger partial charge in [-0.25, -0.2) is 0 Å². The van der Waals surface area contributed by atoms with Gasteiger partial charge in [0.1, 0.15) is 0 Å². The first-order valence-electron chi connectivity index (χ1n) is 5.17. The maximum Gasteiger partial charge on any atom is 0.0164 e. The van der Waals surface area contributed by atoms with Crippen LogP contribution in [0, 0.1) is 0 Å². The van der Waals surface area contributed by atoms with E-state index in [9.17, 15) is 0 Å². The van der Waals surface area contributed by atoms with Crippen LogP contribution in [0.1, 0.15) is 40.5 Å². The number of likely N-dealkylation sites (N-methyl/N-ethyl adjacent to an activating group) is 1. The first-order chi connectivity index (χ1) is 5.70. The highest BCUT2D eigenvalue weighted by Crippen LogP contribution is 1.94. The van der Waals surface area contributed by atoms with Crippen molar-refractivity contribution in [2.75, 3.05) is 13.1 Å². The molecule has 0 spiro atoms. The molecular formula is C10H24N2. The Morgan fingerprint density at radius 2 is 1.67 bits per heavy atom. The van der Waals surface area contributed by atoms with E-state index in [1.807, 2.05) is 0 Å². The summed E-state index contributed by atoms with van der Waals surface area (Å²) >= 11 is 0. The van der Waals surface area contributed by atoms with E-state index >= 15 is 0 Å². The molecule has 0 amide bonds. The van der Waals surface area contributed by atoms with Gasteiger partial charge in [-0.1, -0.05) is 20.3 Å². The predicted molar refractivity (Wildman–Crippen MR) is 55.5 cm³/mol. The molecule has 0 aliphatic rings. The van der Waals surface area contributed by atoms with Crippen molar-refractivity contribution in [3.8, 4) is 0 Å². The summed E-state index contributed by atoms with van der Waals surface area (Å²) in [5.74, 6) is 0. The minimum Gasteiger partial charge on any atom is -0.313 e. The van der Waals surface area contributed by atoms with Crippen molar-refractivity contribution in [2.24, 2.45) is 0 Å². The fourth-order valence-corrected chi connectivity index (χ4v) is 1.33. The highest BCUT2D eigenvalue weighted by molar-refractivity contribution is 4.66. The van der Waals surface area contributed by atoms with Crippen LogP contribution >= 0.6 is 0 Å². The summed E-state index contributed by atoms with van der Waals surface area (Å²) in [4.78, 5) is 0. The van der Waals surface area contributed by atoms with E-state index < -0.39 is 0 Å². The molecule has 0 heterocycles. The zero-order valence-corrected chi connectivity index (χ0v) is 8.98. The summed E-state index contributed by atoms with van der Waals surface area (Å²) in [5, 5.41) is 6.89. The van der Waals surface area contributed by atoms with E-state index in [-0.39, 0.29) is 0 Å². The van der Waals surface area contributed by atoms with Crippen molar-refractivity contribution in [3.05, 3.63) is 0 Å². The van der Waals surface area contributed by atoms with Gasteiger partial charge >= 0.3 is 0 Å². The lowest BCUT2D eigenvalue weighted by Crippen LogP contribution is -2.39. The molecule has 2 unspecified atom stereocenters. The van der Waals surface area contributed by atoms with E-state index in [1.165, 1.54) is 12.8 Å². The molecule has 74 valence electrons. The average molecular weight is 172 g/mol. The topological polar surface area (TPSA) is 24.1 Å². The second-order valence-corrected chi connectivity index (χ2v) is 3.56. The van der Waals surface area contributed by atoms with Crippen LogP contribution in [0.3, 0.4) is 0 Å². The lowest BCUT2D eigenvalue weighted by atomic mass is 10.2. The molecule has 2 atom stereocenters. The first kappa shape index (κ1) is 11.9. The average Bonchev–Trinajstić information content (AvgIpc) is 2.02. The molecule has 0 radical (unpaired) electrons. The van der Waals surface area contributed by atoms with E-state index in [2.05, 4.69) is 38.3 Å². The van der Waals surface area contributed by atoms with Gasteiger partial charge in [-0.2, -0.15) is 0 Å². The van der Waals surface area contributed by atoms with Crippen LogP contribution in [-0.2, 0) is 0 Å². The van der Waals surface area contributed by atoms with Crippen molar-refractivity contribution >= 4 is 0 Å². The summed E-state index contributed by atoms with van der Waals surface area (Å²) in [6.45, 7) is 11.0. The van der Waals surface area contributed by atoms with Crippen LogP contribution < -0.4 is 10.6 Å². The molecular weight excluding hydrogens is 148 g/mol. The monoisotopic (exact) mass is 172 g/mol. The van der Waals surface area contributed by atoms with Crippen LogP contribution in [0.2, 0.25) is 0 Å². The fraction of sp³-hybridized carbons (Fsp3) is 1.00. The molecule has 2 N–H and O–H groups in total. The molecule has 0 bridgehead atoms. The van der Waals surface area contributed by atoms with E-state index in [1.54, 1.807) is 0 Å². The van der Waals surface area contributed by atoms with Gasteiger partial charge in [-0.3, -0.25) is 0 Å².